The summed E-state index contributed by atoms with van der Waals surface area (Å²) in [7, 11) is 0. The second-order valence-corrected chi connectivity index (χ2v) is 12.0. The quantitative estimate of drug-likeness (QED) is 0.244. The van der Waals surface area contributed by atoms with Gasteiger partial charge >= 0.3 is 24.7 Å². The van der Waals surface area contributed by atoms with Gasteiger partial charge in [0, 0.05) is 12.6 Å². The molecule has 1 saturated heterocycles. The number of thiazole rings is 1. The zero-order valence-corrected chi connectivity index (χ0v) is 23.9. The van der Waals surface area contributed by atoms with Gasteiger partial charge in [-0.05, 0) is 50.9 Å². The van der Waals surface area contributed by atoms with Crippen LogP contribution in [0.4, 0.5) is 35.1 Å². The lowest BCUT2D eigenvalue weighted by atomic mass is 9.74. The molecule has 2 aromatic heterocycles. The highest BCUT2D eigenvalue weighted by atomic mass is 32.1. The van der Waals surface area contributed by atoms with Crippen molar-refractivity contribution in [2.24, 2.45) is 5.92 Å². The summed E-state index contributed by atoms with van der Waals surface area (Å²) < 4.78 is 124. The molecule has 44 heavy (non-hydrogen) atoms. The second kappa shape index (κ2) is 12.7. The fraction of sp³-hybridized carbons (Fsp3) is 0.593. The van der Waals surface area contributed by atoms with Crippen LogP contribution in [0.25, 0.3) is 11.4 Å². The number of hydrogen-bond donors (Lipinski definition) is 1. The number of rotatable bonds is 9. The van der Waals surface area contributed by atoms with Crippen molar-refractivity contribution in [3.63, 3.8) is 0 Å². The molecule has 0 bridgehead atoms. The Morgan fingerprint density at radius 2 is 1.80 bits per heavy atom. The van der Waals surface area contributed by atoms with E-state index in [0.717, 1.165) is 17.4 Å². The number of benzene rings is 1. The molecule has 2 fully saturated rings. The van der Waals surface area contributed by atoms with Crippen LogP contribution in [0.3, 0.4) is 0 Å². The van der Waals surface area contributed by atoms with Gasteiger partial charge in [0.1, 0.15) is 28.5 Å². The smallest absolute Gasteiger partial charge is 0.439 e. The summed E-state index contributed by atoms with van der Waals surface area (Å²) in [4.78, 5) is 20.1. The van der Waals surface area contributed by atoms with Gasteiger partial charge in [-0.3, -0.25) is 14.4 Å². The SMILES string of the molecule is O=c1[nH]c(-c2ccc(OCc3sc(C4(C(F)(F)F)CCCCC4)nc3CN3CCC(C(F)(F)F)CC3)cc2OC(F)F)no1. The van der Waals surface area contributed by atoms with E-state index in [-0.39, 0.29) is 79.8 Å². The van der Waals surface area contributed by atoms with E-state index in [1.54, 1.807) is 4.90 Å². The molecule has 5 rings (SSSR count). The van der Waals surface area contributed by atoms with Crippen molar-refractivity contribution in [2.45, 2.75) is 82.5 Å². The number of nitrogens with one attached hydrogen (secondary N) is 1. The van der Waals surface area contributed by atoms with Crippen molar-refractivity contribution >= 4 is 11.3 Å². The lowest BCUT2D eigenvalue weighted by molar-refractivity contribution is -0.199. The average Bonchev–Trinajstić information content (AvgIpc) is 3.57. The van der Waals surface area contributed by atoms with E-state index in [4.69, 9.17) is 4.74 Å². The second-order valence-electron chi connectivity index (χ2n) is 10.9. The Hall–Kier alpha value is -3.21. The van der Waals surface area contributed by atoms with E-state index in [0.29, 0.717) is 24.1 Å². The van der Waals surface area contributed by atoms with Crippen LogP contribution in [-0.4, -0.2) is 52.1 Å². The molecule has 1 N–H and O–H groups in total. The Morgan fingerprint density at radius 3 is 2.39 bits per heavy atom. The molecule has 1 saturated carbocycles. The molecule has 0 spiro atoms. The van der Waals surface area contributed by atoms with Crippen molar-refractivity contribution in [3.05, 3.63) is 44.3 Å². The summed E-state index contributed by atoms with van der Waals surface area (Å²) in [5, 5.41) is 3.35. The standard InChI is InChI=1S/C27H28F8N4O4S/c28-23(29)42-19-12-16(4-5-17(19)21-37-24(40)43-38-21)41-14-20-18(13-39-10-6-15(7-11-39)26(30,31)32)36-22(44-20)25(27(33,34)35)8-2-1-3-9-25/h4-5,12,15,23H,1-3,6-11,13-14H2,(H,37,38,40). The van der Waals surface area contributed by atoms with E-state index in [2.05, 4.69) is 24.4 Å². The Morgan fingerprint density at radius 1 is 1.09 bits per heavy atom. The molecule has 0 unspecified atom stereocenters. The molecule has 8 nitrogen and oxygen atoms in total. The lowest BCUT2D eigenvalue weighted by Gasteiger charge is -2.37. The predicted octanol–water partition coefficient (Wildman–Crippen LogP) is 7.21. The van der Waals surface area contributed by atoms with Crippen LogP contribution in [0.5, 0.6) is 11.5 Å². The van der Waals surface area contributed by atoms with Crippen molar-refractivity contribution in [3.8, 4) is 22.9 Å². The molecular formula is C27H28F8N4O4S. The summed E-state index contributed by atoms with van der Waals surface area (Å²) in [6, 6.07) is 3.75. The number of likely N-dealkylation sites (tertiary alicyclic amines) is 1. The summed E-state index contributed by atoms with van der Waals surface area (Å²) in [5.41, 5.74) is -1.90. The minimum absolute atomic E-state index is 0.0188. The summed E-state index contributed by atoms with van der Waals surface area (Å²) in [6.07, 6.45) is -7.97. The third-order valence-corrected chi connectivity index (χ3v) is 9.37. The maximum absolute atomic E-state index is 14.5. The molecule has 0 radical (unpaired) electrons. The van der Waals surface area contributed by atoms with Gasteiger partial charge in [0.15, 0.2) is 5.82 Å². The highest BCUT2D eigenvalue weighted by molar-refractivity contribution is 7.11. The van der Waals surface area contributed by atoms with Crippen molar-refractivity contribution in [1.29, 1.82) is 0 Å². The number of aromatic amines is 1. The molecule has 2 aliphatic rings. The van der Waals surface area contributed by atoms with Crippen LogP contribution < -0.4 is 15.2 Å². The van der Waals surface area contributed by atoms with E-state index in [9.17, 15) is 39.9 Å². The molecule has 3 aromatic rings. The van der Waals surface area contributed by atoms with Crippen LogP contribution in [0.1, 0.15) is 60.5 Å². The summed E-state index contributed by atoms with van der Waals surface area (Å²) in [6.45, 7) is -3.29. The van der Waals surface area contributed by atoms with Gasteiger partial charge < -0.3 is 9.47 Å². The lowest BCUT2D eigenvalue weighted by Crippen LogP contribution is -2.44. The highest BCUT2D eigenvalue weighted by Gasteiger charge is 2.58. The maximum Gasteiger partial charge on any atom is 0.439 e. The Balaban J connectivity index is 1.42. The molecule has 0 amide bonds. The van der Waals surface area contributed by atoms with Crippen LogP contribution in [0.2, 0.25) is 0 Å². The zero-order chi connectivity index (χ0) is 31.7. The molecular weight excluding hydrogens is 628 g/mol. The number of nitrogens with zero attached hydrogens (tertiary/aromatic N) is 3. The first kappa shape index (κ1) is 32.2. The molecule has 0 atom stereocenters. The van der Waals surface area contributed by atoms with Gasteiger partial charge in [-0.2, -0.15) is 35.1 Å². The summed E-state index contributed by atoms with van der Waals surface area (Å²) in [5.74, 6) is -2.92. The molecule has 1 aromatic carbocycles. The summed E-state index contributed by atoms with van der Waals surface area (Å²) >= 11 is 0.846. The van der Waals surface area contributed by atoms with Gasteiger partial charge in [0.25, 0.3) is 0 Å². The molecule has 17 heteroatoms. The normalized spacial score (nSPS) is 18.6. The molecule has 1 aliphatic heterocycles. The van der Waals surface area contributed by atoms with Crippen molar-refractivity contribution in [1.82, 2.24) is 20.0 Å². The Kier molecular flexibility index (Phi) is 9.26. The minimum atomic E-state index is -4.56. The van der Waals surface area contributed by atoms with Gasteiger partial charge in [-0.25, -0.2) is 9.78 Å². The third kappa shape index (κ3) is 7.03. The Labute approximate surface area is 249 Å². The number of aromatic nitrogens is 3. The van der Waals surface area contributed by atoms with Gasteiger partial charge in [-0.1, -0.05) is 24.4 Å². The van der Waals surface area contributed by atoms with E-state index < -0.39 is 41.8 Å². The number of piperidine rings is 1. The topological polar surface area (TPSA) is 93.5 Å². The largest absolute Gasteiger partial charge is 0.488 e. The van der Waals surface area contributed by atoms with E-state index in [1.165, 1.54) is 12.1 Å². The minimum Gasteiger partial charge on any atom is -0.488 e. The van der Waals surface area contributed by atoms with Crippen LogP contribution in [-0.2, 0) is 18.6 Å². The number of H-pyrrole nitrogens is 1. The monoisotopic (exact) mass is 656 g/mol. The van der Waals surface area contributed by atoms with E-state index in [1.807, 2.05) is 0 Å². The first-order chi connectivity index (χ1) is 20.7. The number of ether oxygens (including phenoxy) is 2. The van der Waals surface area contributed by atoms with Crippen molar-refractivity contribution < 1.29 is 49.1 Å². The predicted molar refractivity (Wildman–Crippen MR) is 141 cm³/mol. The molecule has 1 aliphatic carbocycles. The first-order valence-corrected chi connectivity index (χ1v) is 14.7. The number of hydrogen-bond acceptors (Lipinski definition) is 8. The van der Waals surface area contributed by atoms with Gasteiger partial charge in [0.2, 0.25) is 0 Å². The fourth-order valence-corrected chi connectivity index (χ4v) is 6.96. The molecule has 242 valence electrons. The third-order valence-electron chi connectivity index (χ3n) is 8.10. The van der Waals surface area contributed by atoms with Crippen LogP contribution in [0.15, 0.2) is 27.5 Å². The van der Waals surface area contributed by atoms with Crippen molar-refractivity contribution in [2.75, 3.05) is 13.1 Å². The number of halogens is 8. The van der Waals surface area contributed by atoms with Gasteiger partial charge in [0.05, 0.1) is 22.1 Å². The maximum atomic E-state index is 14.5. The van der Waals surface area contributed by atoms with E-state index >= 15 is 0 Å². The Bertz CT molecular complexity index is 1470. The molecule has 3 heterocycles. The van der Waals surface area contributed by atoms with Gasteiger partial charge in [-0.15, -0.1) is 11.3 Å². The van der Waals surface area contributed by atoms with Crippen LogP contribution >= 0.6 is 11.3 Å². The first-order valence-electron chi connectivity index (χ1n) is 13.9. The number of alkyl halides is 8. The average molecular weight is 657 g/mol. The highest BCUT2D eigenvalue weighted by Crippen LogP contribution is 2.52. The van der Waals surface area contributed by atoms with Crippen LogP contribution in [0, 0.1) is 5.92 Å². The fourth-order valence-electron chi connectivity index (χ4n) is 5.70. The zero-order valence-electron chi connectivity index (χ0n) is 23.1.